The van der Waals surface area contributed by atoms with Crippen molar-refractivity contribution in [1.29, 1.82) is 5.41 Å². The Morgan fingerprint density at radius 2 is 2.06 bits per heavy atom. The second-order valence-electron chi connectivity index (χ2n) is 4.83. The standard InChI is InChI=1S/C12H23N4O/c13-11(8-17)10(6-7-16-12(14)15)9-4-2-1-3-5-9/h9-11H,1-7,13H2,(H4,14,15,16)/t10?,11-/m1/s1. The first kappa shape index (κ1) is 14.0. The Bertz CT molecular complexity index is 251. The molecular weight excluding hydrogens is 216 g/mol. The molecule has 0 spiro atoms. The summed E-state index contributed by atoms with van der Waals surface area (Å²) in [6, 6.07) is -0.508. The number of hydrogen-bond acceptors (Lipinski definition) is 3. The first-order valence-corrected chi connectivity index (χ1v) is 6.36. The molecule has 0 saturated heterocycles. The molecule has 0 heterocycles. The lowest BCUT2D eigenvalue weighted by atomic mass is 9.75. The van der Waals surface area contributed by atoms with E-state index in [0.29, 0.717) is 12.5 Å². The average Bonchev–Trinajstić information content (AvgIpc) is 2.34. The molecular formula is C12H23N4O. The summed E-state index contributed by atoms with van der Waals surface area (Å²) in [5, 5.41) is 9.86. The highest BCUT2D eigenvalue weighted by Gasteiger charge is 2.28. The number of nitrogens with one attached hydrogen (secondary N) is 2. The molecule has 0 bridgehead atoms. The number of guanidine groups is 1. The van der Waals surface area contributed by atoms with E-state index in [4.69, 9.17) is 16.9 Å². The minimum absolute atomic E-state index is 0.0314. The zero-order chi connectivity index (χ0) is 12.7. The van der Waals surface area contributed by atoms with Crippen molar-refractivity contribution in [3.05, 3.63) is 0 Å². The van der Waals surface area contributed by atoms with Crippen LogP contribution in [0.25, 0.3) is 0 Å². The molecule has 97 valence electrons. The van der Waals surface area contributed by atoms with Crippen LogP contribution in [0.15, 0.2) is 0 Å². The number of nitrogens with two attached hydrogens (primary N) is 2. The third kappa shape index (κ3) is 4.73. The van der Waals surface area contributed by atoms with Gasteiger partial charge < -0.3 is 16.8 Å². The summed E-state index contributed by atoms with van der Waals surface area (Å²) >= 11 is 0. The molecule has 1 aliphatic carbocycles. The largest absolute Gasteiger partial charge is 0.370 e. The van der Waals surface area contributed by atoms with Gasteiger partial charge in [0.15, 0.2) is 5.96 Å². The minimum atomic E-state index is -0.508. The van der Waals surface area contributed by atoms with Crippen molar-refractivity contribution in [2.45, 2.75) is 44.6 Å². The molecule has 2 atom stereocenters. The van der Waals surface area contributed by atoms with Crippen LogP contribution in [0.4, 0.5) is 0 Å². The summed E-state index contributed by atoms with van der Waals surface area (Å²) in [4.78, 5) is 10.7. The molecule has 1 radical (unpaired) electrons. The van der Waals surface area contributed by atoms with Crippen LogP contribution in [0.5, 0.6) is 0 Å². The van der Waals surface area contributed by atoms with Gasteiger partial charge in [-0.05, 0) is 18.3 Å². The fraction of sp³-hybridized carbons (Fsp3) is 0.833. The summed E-state index contributed by atoms with van der Waals surface area (Å²) in [5.41, 5.74) is 11.1. The Morgan fingerprint density at radius 1 is 1.41 bits per heavy atom. The lowest BCUT2D eigenvalue weighted by molar-refractivity contribution is 0.224. The molecule has 1 aliphatic rings. The lowest BCUT2D eigenvalue weighted by Gasteiger charge is -2.32. The number of hydrogen-bond donors (Lipinski definition) is 4. The van der Waals surface area contributed by atoms with E-state index in [-0.39, 0.29) is 11.9 Å². The second-order valence-corrected chi connectivity index (χ2v) is 4.83. The van der Waals surface area contributed by atoms with Crippen LogP contribution in [0, 0.1) is 17.2 Å². The molecule has 0 aromatic heterocycles. The van der Waals surface area contributed by atoms with E-state index < -0.39 is 6.04 Å². The first-order chi connectivity index (χ1) is 8.15. The topological polar surface area (TPSA) is 105 Å². The Balaban J connectivity index is 2.46. The first-order valence-electron chi connectivity index (χ1n) is 6.36. The van der Waals surface area contributed by atoms with Gasteiger partial charge in [0.25, 0.3) is 0 Å². The maximum atomic E-state index is 10.7. The lowest BCUT2D eigenvalue weighted by Crippen LogP contribution is -2.40. The van der Waals surface area contributed by atoms with Gasteiger partial charge in [-0.1, -0.05) is 32.1 Å². The van der Waals surface area contributed by atoms with E-state index in [2.05, 4.69) is 5.32 Å². The van der Waals surface area contributed by atoms with Crippen LogP contribution in [0.1, 0.15) is 38.5 Å². The molecule has 1 unspecified atom stereocenters. The van der Waals surface area contributed by atoms with E-state index >= 15 is 0 Å². The van der Waals surface area contributed by atoms with Crippen molar-refractivity contribution < 1.29 is 4.79 Å². The summed E-state index contributed by atoms with van der Waals surface area (Å²) in [6.45, 7) is 0.603. The van der Waals surface area contributed by atoms with Gasteiger partial charge in [0.2, 0.25) is 6.29 Å². The van der Waals surface area contributed by atoms with E-state index in [9.17, 15) is 4.79 Å². The normalized spacial score (nSPS) is 20.5. The quantitative estimate of drug-likeness (QED) is 0.400. The Morgan fingerprint density at radius 3 is 2.59 bits per heavy atom. The van der Waals surface area contributed by atoms with E-state index in [1.165, 1.54) is 19.3 Å². The molecule has 0 amide bonds. The van der Waals surface area contributed by atoms with Gasteiger partial charge in [0, 0.05) is 6.54 Å². The van der Waals surface area contributed by atoms with Crippen LogP contribution in [0.3, 0.4) is 0 Å². The number of rotatable bonds is 6. The van der Waals surface area contributed by atoms with E-state index in [1.807, 2.05) is 6.29 Å². The Hall–Kier alpha value is -1.10. The highest BCUT2D eigenvalue weighted by atomic mass is 16.1. The third-order valence-corrected chi connectivity index (χ3v) is 3.65. The highest BCUT2D eigenvalue weighted by Crippen LogP contribution is 2.32. The molecule has 0 aromatic rings. The highest BCUT2D eigenvalue weighted by molar-refractivity contribution is 5.74. The smallest absolute Gasteiger partial charge is 0.216 e. The van der Waals surface area contributed by atoms with Gasteiger partial charge >= 0.3 is 0 Å². The van der Waals surface area contributed by atoms with Crippen molar-refractivity contribution in [2.75, 3.05) is 6.54 Å². The van der Waals surface area contributed by atoms with E-state index in [1.54, 1.807) is 0 Å². The summed E-state index contributed by atoms with van der Waals surface area (Å²) in [7, 11) is 0. The molecule has 5 nitrogen and oxygen atoms in total. The predicted molar refractivity (Wildman–Crippen MR) is 68.3 cm³/mol. The monoisotopic (exact) mass is 239 g/mol. The molecule has 0 aromatic carbocycles. The van der Waals surface area contributed by atoms with Gasteiger partial charge in [-0.25, -0.2) is 0 Å². The fourth-order valence-electron chi connectivity index (χ4n) is 2.73. The van der Waals surface area contributed by atoms with Gasteiger partial charge in [-0.3, -0.25) is 10.2 Å². The van der Waals surface area contributed by atoms with Crippen LogP contribution in [-0.2, 0) is 4.79 Å². The van der Waals surface area contributed by atoms with Crippen molar-refractivity contribution >= 4 is 12.2 Å². The molecule has 1 rings (SSSR count). The Labute approximate surface area is 103 Å². The molecule has 6 N–H and O–H groups in total. The van der Waals surface area contributed by atoms with Crippen LogP contribution in [0.2, 0.25) is 0 Å². The SMILES string of the molecule is N=C(N)NCCC(C1CCCCC1)[C@H](N)[C]=O. The Kier molecular flexibility index (Phi) is 5.97. The third-order valence-electron chi connectivity index (χ3n) is 3.65. The number of carbonyl (C=O) groups excluding carboxylic acids is 1. The van der Waals surface area contributed by atoms with Crippen LogP contribution in [-0.4, -0.2) is 24.8 Å². The van der Waals surface area contributed by atoms with Gasteiger partial charge in [-0.15, -0.1) is 0 Å². The maximum Gasteiger partial charge on any atom is 0.216 e. The minimum Gasteiger partial charge on any atom is -0.370 e. The van der Waals surface area contributed by atoms with Gasteiger partial charge in [-0.2, -0.15) is 0 Å². The predicted octanol–water partition coefficient (Wildman–Crippen LogP) is 0.493. The molecule has 1 saturated carbocycles. The fourth-order valence-corrected chi connectivity index (χ4v) is 2.73. The average molecular weight is 239 g/mol. The van der Waals surface area contributed by atoms with Crippen LogP contribution >= 0.6 is 0 Å². The summed E-state index contributed by atoms with van der Waals surface area (Å²) in [6.07, 6.45) is 8.74. The molecule has 5 heteroatoms. The van der Waals surface area contributed by atoms with Gasteiger partial charge in [0.05, 0.1) is 6.04 Å². The van der Waals surface area contributed by atoms with Gasteiger partial charge in [0.1, 0.15) is 0 Å². The van der Waals surface area contributed by atoms with Crippen molar-refractivity contribution in [3.8, 4) is 0 Å². The molecule has 17 heavy (non-hydrogen) atoms. The summed E-state index contributed by atoms with van der Waals surface area (Å²) < 4.78 is 0. The van der Waals surface area contributed by atoms with Crippen LogP contribution < -0.4 is 16.8 Å². The van der Waals surface area contributed by atoms with E-state index in [0.717, 1.165) is 19.3 Å². The van der Waals surface area contributed by atoms with Crippen molar-refractivity contribution in [1.82, 2.24) is 5.32 Å². The van der Waals surface area contributed by atoms with Crippen molar-refractivity contribution in [3.63, 3.8) is 0 Å². The van der Waals surface area contributed by atoms with Crippen molar-refractivity contribution in [2.24, 2.45) is 23.3 Å². The molecule has 1 fully saturated rings. The maximum absolute atomic E-state index is 10.7. The molecule has 0 aliphatic heterocycles. The zero-order valence-electron chi connectivity index (χ0n) is 10.2. The zero-order valence-corrected chi connectivity index (χ0v) is 10.2. The summed E-state index contributed by atoms with van der Waals surface area (Å²) in [5.74, 6) is 0.657. The second kappa shape index (κ2) is 7.27.